The Kier molecular flexibility index (Phi) is 12.5. The molecule has 0 saturated heterocycles. The summed E-state index contributed by atoms with van der Waals surface area (Å²) in [7, 11) is 0. The van der Waals surface area contributed by atoms with Crippen molar-refractivity contribution in [2.45, 2.75) is 66.2 Å². The van der Waals surface area contributed by atoms with Gasteiger partial charge in [-0.25, -0.2) is 0 Å². The van der Waals surface area contributed by atoms with Gasteiger partial charge in [0.25, 0.3) is 0 Å². The number of rotatable bonds is 6. The maximum atomic E-state index is 10.2. The Hall–Kier alpha value is -0.0800. The summed E-state index contributed by atoms with van der Waals surface area (Å²) in [5.41, 5.74) is 0.0405. The largest absolute Gasteiger partial charge is 0.281 e. The van der Waals surface area contributed by atoms with E-state index in [1.165, 1.54) is 12.8 Å². The number of carbonyl (C=O) groups is 2. The molecule has 102 valence electrons. The van der Waals surface area contributed by atoms with Crippen molar-refractivity contribution in [3.8, 4) is 0 Å². The molecule has 0 unspecified atom stereocenters. The number of unbranched alkanes of at least 4 members (excludes halogenated alkanes) is 3. The van der Waals surface area contributed by atoms with Crippen molar-refractivity contribution >= 4 is 33.7 Å². The molecule has 0 aromatic rings. The van der Waals surface area contributed by atoms with Crippen LogP contribution in [0.5, 0.6) is 0 Å². The molecule has 0 N–H and O–H groups in total. The lowest BCUT2D eigenvalue weighted by Crippen LogP contribution is -2.08. The average molecular weight is 283 g/mol. The Morgan fingerprint density at radius 2 is 1.47 bits per heavy atom. The monoisotopic (exact) mass is 282 g/mol. The molecule has 0 spiro atoms. The van der Waals surface area contributed by atoms with Crippen molar-refractivity contribution in [2.75, 3.05) is 0 Å². The van der Waals surface area contributed by atoms with Gasteiger partial charge in [0.15, 0.2) is 0 Å². The minimum Gasteiger partial charge on any atom is -0.281 e. The fraction of sp³-hybridized carbons (Fsp3) is 0.846. The van der Waals surface area contributed by atoms with E-state index in [0.29, 0.717) is 12.8 Å². The summed E-state index contributed by atoms with van der Waals surface area (Å²) in [6.07, 6.45) is 5.50. The first-order chi connectivity index (χ1) is 7.69. The second-order valence-corrected chi connectivity index (χ2v) is 6.10. The van der Waals surface area contributed by atoms with Crippen LogP contribution >= 0.6 is 23.2 Å². The molecule has 0 aliphatic rings. The van der Waals surface area contributed by atoms with Gasteiger partial charge in [-0.05, 0) is 35.0 Å². The van der Waals surface area contributed by atoms with Crippen LogP contribution in [0.1, 0.15) is 66.2 Å². The molecule has 0 heterocycles. The van der Waals surface area contributed by atoms with Crippen molar-refractivity contribution in [3.05, 3.63) is 0 Å². The lowest BCUT2D eigenvalue weighted by molar-refractivity contribution is -0.113. The van der Waals surface area contributed by atoms with Gasteiger partial charge < -0.3 is 0 Å². The highest BCUT2D eigenvalue weighted by atomic mass is 35.5. The van der Waals surface area contributed by atoms with Crippen molar-refractivity contribution < 1.29 is 9.59 Å². The first kappa shape index (κ1) is 19.3. The van der Waals surface area contributed by atoms with Gasteiger partial charge in [-0.3, -0.25) is 9.59 Å². The third kappa shape index (κ3) is 25.9. The van der Waals surface area contributed by atoms with Gasteiger partial charge in [0.2, 0.25) is 10.5 Å². The molecule has 0 bridgehead atoms. The van der Waals surface area contributed by atoms with Crippen molar-refractivity contribution in [2.24, 2.45) is 5.41 Å². The van der Waals surface area contributed by atoms with Crippen molar-refractivity contribution in [1.82, 2.24) is 0 Å². The lowest BCUT2D eigenvalue weighted by Gasteiger charge is -2.13. The van der Waals surface area contributed by atoms with Crippen LogP contribution in [-0.2, 0) is 9.59 Å². The minimum absolute atomic E-state index is 0.0405. The van der Waals surface area contributed by atoms with E-state index in [1.54, 1.807) is 0 Å². The second-order valence-electron chi connectivity index (χ2n) is 5.26. The summed E-state index contributed by atoms with van der Waals surface area (Å²) in [5, 5.41) is -0.455. The third-order valence-electron chi connectivity index (χ3n) is 1.90. The van der Waals surface area contributed by atoms with E-state index in [-0.39, 0.29) is 15.9 Å². The summed E-state index contributed by atoms with van der Waals surface area (Å²) in [5.74, 6) is 0. The average Bonchev–Trinajstić information content (AvgIpc) is 2.09. The molecule has 0 amide bonds. The number of hydrogen-bond donors (Lipinski definition) is 0. The quantitative estimate of drug-likeness (QED) is 0.512. The van der Waals surface area contributed by atoms with E-state index in [9.17, 15) is 9.59 Å². The second kappa shape index (κ2) is 11.0. The van der Waals surface area contributed by atoms with E-state index in [0.717, 1.165) is 12.8 Å². The zero-order chi connectivity index (χ0) is 13.9. The van der Waals surface area contributed by atoms with Crippen molar-refractivity contribution in [3.63, 3.8) is 0 Å². The van der Waals surface area contributed by atoms with Crippen molar-refractivity contribution in [1.29, 1.82) is 0 Å². The molecular weight excluding hydrogens is 259 g/mol. The van der Waals surface area contributed by atoms with Gasteiger partial charge >= 0.3 is 0 Å². The molecule has 0 rings (SSSR count). The van der Waals surface area contributed by atoms with Gasteiger partial charge in [-0.15, -0.1) is 0 Å². The van der Waals surface area contributed by atoms with E-state index < -0.39 is 0 Å². The first-order valence-electron chi connectivity index (χ1n) is 6.05. The summed E-state index contributed by atoms with van der Waals surface area (Å²) in [6.45, 7) is 8.08. The Morgan fingerprint density at radius 1 is 0.941 bits per heavy atom. The molecule has 0 radical (unpaired) electrons. The Morgan fingerprint density at radius 3 is 1.71 bits per heavy atom. The Labute approximate surface area is 115 Å². The van der Waals surface area contributed by atoms with Gasteiger partial charge in [-0.2, -0.15) is 0 Å². The highest BCUT2D eigenvalue weighted by Crippen LogP contribution is 2.19. The zero-order valence-corrected chi connectivity index (χ0v) is 12.8. The highest BCUT2D eigenvalue weighted by molar-refractivity contribution is 6.63. The van der Waals surface area contributed by atoms with Gasteiger partial charge in [-0.1, -0.05) is 47.0 Å². The molecule has 0 saturated carbocycles. The molecule has 17 heavy (non-hydrogen) atoms. The number of carbonyl (C=O) groups excluding carboxylic acids is 2. The molecule has 0 aliphatic heterocycles. The lowest BCUT2D eigenvalue weighted by atomic mass is 9.93. The maximum absolute atomic E-state index is 10.2. The summed E-state index contributed by atoms with van der Waals surface area (Å²) in [6, 6.07) is 0. The van der Waals surface area contributed by atoms with Crippen LogP contribution in [0.25, 0.3) is 0 Å². The highest BCUT2D eigenvalue weighted by Gasteiger charge is 2.13. The molecule has 0 aromatic heterocycles. The van der Waals surface area contributed by atoms with Crippen LogP contribution in [0.15, 0.2) is 0 Å². The van der Waals surface area contributed by atoms with Crippen LogP contribution in [0, 0.1) is 5.41 Å². The van der Waals surface area contributed by atoms with E-state index >= 15 is 0 Å². The van der Waals surface area contributed by atoms with Crippen LogP contribution in [0.2, 0.25) is 0 Å². The Balaban J connectivity index is 0. The fourth-order valence-corrected chi connectivity index (χ4v) is 1.64. The van der Waals surface area contributed by atoms with Crippen LogP contribution in [0.3, 0.4) is 0 Å². The SMILES string of the molecule is CC(C)(C)CC(=O)Cl.CCCCCCC(=O)Cl. The topological polar surface area (TPSA) is 34.1 Å². The minimum atomic E-state index is -0.252. The predicted molar refractivity (Wildman–Crippen MR) is 74.6 cm³/mol. The van der Waals surface area contributed by atoms with Crippen LogP contribution < -0.4 is 0 Å². The van der Waals surface area contributed by atoms with E-state index in [1.807, 2.05) is 20.8 Å². The summed E-state index contributed by atoms with van der Waals surface area (Å²) < 4.78 is 0. The zero-order valence-electron chi connectivity index (χ0n) is 11.3. The summed E-state index contributed by atoms with van der Waals surface area (Å²) >= 11 is 10.2. The van der Waals surface area contributed by atoms with Gasteiger partial charge in [0.05, 0.1) is 0 Å². The molecular formula is C13H24Cl2O2. The molecule has 0 fully saturated rings. The molecule has 2 nitrogen and oxygen atoms in total. The third-order valence-corrected chi connectivity index (χ3v) is 2.22. The van der Waals surface area contributed by atoms with Crippen LogP contribution in [0.4, 0.5) is 0 Å². The van der Waals surface area contributed by atoms with Crippen LogP contribution in [-0.4, -0.2) is 10.5 Å². The number of hydrogen-bond acceptors (Lipinski definition) is 2. The molecule has 4 heteroatoms. The fourth-order valence-electron chi connectivity index (χ4n) is 1.11. The molecule has 0 aliphatic carbocycles. The predicted octanol–water partition coefficient (Wildman–Crippen LogP) is 4.91. The Bertz CT molecular complexity index is 220. The normalized spacial score (nSPS) is 10.5. The van der Waals surface area contributed by atoms with E-state index in [4.69, 9.17) is 23.2 Å². The first-order valence-corrected chi connectivity index (χ1v) is 6.81. The van der Waals surface area contributed by atoms with Gasteiger partial charge in [0, 0.05) is 12.8 Å². The molecule has 0 atom stereocenters. The van der Waals surface area contributed by atoms with Gasteiger partial charge in [0.1, 0.15) is 0 Å². The number of halogens is 2. The smallest absolute Gasteiger partial charge is 0.222 e. The maximum Gasteiger partial charge on any atom is 0.222 e. The summed E-state index contributed by atoms with van der Waals surface area (Å²) in [4.78, 5) is 20.4. The van der Waals surface area contributed by atoms with E-state index in [2.05, 4.69) is 6.92 Å². The molecule has 0 aromatic carbocycles. The standard InChI is InChI=1S/C7H13ClO.C6H11ClO/c1-2-3-4-5-6-7(8)9;1-6(2,3)4-5(7)8/h2-6H2,1H3;4H2,1-3H3.